The molecule has 0 aliphatic carbocycles. The first-order chi connectivity index (χ1) is 15.0. The maximum absolute atomic E-state index is 13.5. The van der Waals surface area contributed by atoms with Crippen LogP contribution in [0.1, 0.15) is 21.5 Å². The largest absolute Gasteiger partial charge is 0.419 e. The first-order valence-electron chi connectivity index (χ1n) is 9.01. The molecule has 0 fully saturated rings. The van der Waals surface area contributed by atoms with E-state index in [9.17, 15) is 35.6 Å². The molecule has 32 heavy (non-hydrogen) atoms. The number of sulfone groups is 1. The molecule has 7 nitrogen and oxygen atoms in total. The van der Waals surface area contributed by atoms with Crippen molar-refractivity contribution < 1.29 is 35.6 Å². The molecule has 0 bridgehead atoms. The molecule has 0 aliphatic heterocycles. The van der Waals surface area contributed by atoms with E-state index in [1.165, 1.54) is 12.1 Å². The number of nitriles is 1. The molecule has 0 aromatic heterocycles. The summed E-state index contributed by atoms with van der Waals surface area (Å²) in [7, 11) is -4.48. The summed E-state index contributed by atoms with van der Waals surface area (Å²) in [5.41, 5.74) is -1.85. The molecule has 2 aromatic carbocycles. The number of carbonyl (C=O) groups excluding carboxylic acids is 2. The molecule has 1 atom stereocenters. The number of carbonyl (C=O) groups is 2. The Morgan fingerprint density at radius 3 is 2.31 bits per heavy atom. The van der Waals surface area contributed by atoms with Crippen LogP contribution in [0, 0.1) is 17.1 Å². The van der Waals surface area contributed by atoms with E-state index in [2.05, 4.69) is 10.6 Å². The number of hydrogen-bond donors (Lipinski definition) is 2. The van der Waals surface area contributed by atoms with Crippen molar-refractivity contribution in [2.45, 2.75) is 17.2 Å². The molecular formula is C20H17F4N3O4S. The van der Waals surface area contributed by atoms with Crippen LogP contribution in [0.25, 0.3) is 0 Å². The monoisotopic (exact) mass is 471 g/mol. The van der Waals surface area contributed by atoms with Crippen LogP contribution in [0.5, 0.6) is 0 Å². The highest BCUT2D eigenvalue weighted by Gasteiger charge is 2.36. The molecule has 2 amide bonds. The molecule has 2 rings (SSSR count). The molecule has 12 heteroatoms. The lowest BCUT2D eigenvalue weighted by molar-refractivity contribution is -0.140. The fraction of sp³-hybridized carbons (Fsp3) is 0.250. The average molecular weight is 471 g/mol. The molecule has 0 saturated carbocycles. The van der Waals surface area contributed by atoms with Gasteiger partial charge in [-0.05, 0) is 29.8 Å². The van der Waals surface area contributed by atoms with Gasteiger partial charge in [-0.25, -0.2) is 12.8 Å². The van der Waals surface area contributed by atoms with Crippen LogP contribution in [0.4, 0.5) is 17.6 Å². The van der Waals surface area contributed by atoms with Gasteiger partial charge in [0.1, 0.15) is 12.4 Å². The van der Waals surface area contributed by atoms with E-state index in [1.54, 1.807) is 24.3 Å². The zero-order valence-electron chi connectivity index (χ0n) is 16.3. The van der Waals surface area contributed by atoms with Crippen LogP contribution < -0.4 is 10.6 Å². The topological polar surface area (TPSA) is 116 Å². The van der Waals surface area contributed by atoms with Gasteiger partial charge >= 0.3 is 6.18 Å². The van der Waals surface area contributed by atoms with Crippen LogP contribution in [-0.2, 0) is 26.6 Å². The number of alkyl halides is 3. The number of nitrogens with zero attached hydrogens (tertiary/aromatic N) is 1. The number of amides is 2. The van der Waals surface area contributed by atoms with Crippen molar-refractivity contribution in [3.8, 4) is 6.07 Å². The van der Waals surface area contributed by atoms with Crippen molar-refractivity contribution in [2.75, 3.05) is 13.1 Å². The average Bonchev–Trinajstić information content (AvgIpc) is 2.73. The lowest BCUT2D eigenvalue weighted by Gasteiger charge is -2.18. The van der Waals surface area contributed by atoms with Crippen molar-refractivity contribution in [1.82, 2.24) is 10.6 Å². The smallest absolute Gasteiger partial charge is 0.350 e. The van der Waals surface area contributed by atoms with Crippen molar-refractivity contribution in [2.24, 2.45) is 0 Å². The van der Waals surface area contributed by atoms with Gasteiger partial charge in [0, 0.05) is 12.1 Å². The third-order valence-corrected chi connectivity index (χ3v) is 6.24. The molecule has 0 aliphatic rings. The first kappa shape index (κ1) is 24.8. The third kappa shape index (κ3) is 6.52. The standard InChI is InChI=1S/C20H17F4N3O4S/c21-16-7-6-13(10-15(16)20(22,23)24)12-32(30,31)17(19(29)26-9-8-25)11-27-18(28)14-4-2-1-3-5-14/h1-7,10,17H,9,11-12H2,(H,26,29)(H,27,28). The quantitative estimate of drug-likeness (QED) is 0.452. The van der Waals surface area contributed by atoms with Crippen molar-refractivity contribution in [3.05, 3.63) is 71.0 Å². The Morgan fingerprint density at radius 2 is 1.72 bits per heavy atom. The number of hydrogen-bond acceptors (Lipinski definition) is 5. The summed E-state index contributed by atoms with van der Waals surface area (Å²) in [6.45, 7) is -1.22. The van der Waals surface area contributed by atoms with Gasteiger partial charge in [0.25, 0.3) is 5.91 Å². The number of nitrogens with one attached hydrogen (secondary N) is 2. The van der Waals surface area contributed by atoms with Gasteiger partial charge < -0.3 is 10.6 Å². The molecule has 1 unspecified atom stereocenters. The predicted molar refractivity (Wildman–Crippen MR) is 105 cm³/mol. The summed E-state index contributed by atoms with van der Waals surface area (Å²) in [6, 6.07) is 11.0. The van der Waals surface area contributed by atoms with Gasteiger partial charge in [0.2, 0.25) is 5.91 Å². The van der Waals surface area contributed by atoms with E-state index < -0.39 is 68.9 Å². The lowest BCUT2D eigenvalue weighted by Crippen LogP contribution is -2.47. The van der Waals surface area contributed by atoms with Crippen LogP contribution >= 0.6 is 0 Å². The molecule has 0 heterocycles. The van der Waals surface area contributed by atoms with Gasteiger partial charge in [-0.15, -0.1) is 0 Å². The van der Waals surface area contributed by atoms with Crippen molar-refractivity contribution >= 4 is 21.7 Å². The first-order valence-corrected chi connectivity index (χ1v) is 10.7. The third-order valence-electron chi connectivity index (χ3n) is 4.26. The molecule has 2 aromatic rings. The minimum Gasteiger partial charge on any atom is -0.350 e. The Kier molecular flexibility index (Phi) is 7.93. The van der Waals surface area contributed by atoms with E-state index in [4.69, 9.17) is 5.26 Å². The summed E-state index contributed by atoms with van der Waals surface area (Å²) in [5.74, 6) is -4.39. The Morgan fingerprint density at radius 1 is 1.06 bits per heavy atom. The van der Waals surface area contributed by atoms with E-state index in [1.807, 2.05) is 0 Å². The van der Waals surface area contributed by atoms with Gasteiger partial charge in [0.05, 0.1) is 17.4 Å². The summed E-state index contributed by atoms with van der Waals surface area (Å²) < 4.78 is 77.9. The van der Waals surface area contributed by atoms with E-state index >= 15 is 0 Å². The van der Waals surface area contributed by atoms with Gasteiger partial charge in [-0.2, -0.15) is 18.4 Å². The number of benzene rings is 2. The summed E-state index contributed by atoms with van der Waals surface area (Å²) in [5, 5.41) is 11.1. The predicted octanol–water partition coefficient (Wildman–Crippen LogP) is 2.20. The van der Waals surface area contributed by atoms with Crippen molar-refractivity contribution in [3.63, 3.8) is 0 Å². The highest BCUT2D eigenvalue weighted by molar-refractivity contribution is 7.92. The van der Waals surface area contributed by atoms with Crippen LogP contribution in [0.15, 0.2) is 48.5 Å². The highest BCUT2D eigenvalue weighted by atomic mass is 32.2. The summed E-state index contributed by atoms with van der Waals surface area (Å²) >= 11 is 0. The molecular weight excluding hydrogens is 454 g/mol. The maximum atomic E-state index is 13.5. The van der Waals surface area contributed by atoms with E-state index in [0.29, 0.717) is 12.1 Å². The summed E-state index contributed by atoms with van der Waals surface area (Å²) in [4.78, 5) is 24.5. The fourth-order valence-corrected chi connectivity index (χ4v) is 4.30. The number of halogens is 4. The SMILES string of the molecule is N#CCNC(=O)C(CNC(=O)c1ccccc1)S(=O)(=O)Cc1ccc(F)c(C(F)(F)F)c1. The van der Waals surface area contributed by atoms with Gasteiger partial charge in [-0.3, -0.25) is 9.59 Å². The Bertz CT molecular complexity index is 1130. The second-order valence-corrected chi connectivity index (χ2v) is 8.74. The zero-order chi connectivity index (χ0) is 23.9. The Balaban J connectivity index is 2.28. The second-order valence-electron chi connectivity index (χ2n) is 6.56. The van der Waals surface area contributed by atoms with Gasteiger partial charge in [0.15, 0.2) is 15.1 Å². The molecule has 170 valence electrons. The molecule has 0 saturated heterocycles. The van der Waals surface area contributed by atoms with Gasteiger partial charge in [-0.1, -0.05) is 24.3 Å². The van der Waals surface area contributed by atoms with Crippen LogP contribution in [0.2, 0.25) is 0 Å². The zero-order valence-corrected chi connectivity index (χ0v) is 17.1. The summed E-state index contributed by atoms with van der Waals surface area (Å²) in [6.07, 6.45) is -5.04. The Hall–Kier alpha value is -3.46. The van der Waals surface area contributed by atoms with Crippen LogP contribution in [-0.4, -0.2) is 38.6 Å². The van der Waals surface area contributed by atoms with Crippen LogP contribution in [0.3, 0.4) is 0 Å². The second kappa shape index (κ2) is 10.2. The van der Waals surface area contributed by atoms with E-state index in [0.717, 1.165) is 6.07 Å². The molecule has 0 spiro atoms. The highest BCUT2D eigenvalue weighted by Crippen LogP contribution is 2.32. The van der Waals surface area contributed by atoms with E-state index in [-0.39, 0.29) is 5.56 Å². The lowest BCUT2D eigenvalue weighted by atomic mass is 10.1. The maximum Gasteiger partial charge on any atom is 0.419 e. The number of rotatable bonds is 8. The van der Waals surface area contributed by atoms with Crippen molar-refractivity contribution in [1.29, 1.82) is 5.26 Å². The normalized spacial score (nSPS) is 12.5. The minimum atomic E-state index is -5.04. The minimum absolute atomic E-state index is 0.189. The molecule has 0 radical (unpaired) electrons. The fourth-order valence-electron chi connectivity index (χ4n) is 2.71. The Labute approximate surface area is 181 Å². The molecule has 2 N–H and O–H groups in total.